The smallest absolute Gasteiger partial charge is 0.255 e. The predicted molar refractivity (Wildman–Crippen MR) is 152 cm³/mol. The second-order valence-electron chi connectivity index (χ2n) is 10.0. The first-order chi connectivity index (χ1) is 18.0. The van der Waals surface area contributed by atoms with Gasteiger partial charge in [0.2, 0.25) is 5.91 Å². The van der Waals surface area contributed by atoms with Gasteiger partial charge in [0, 0.05) is 43.1 Å². The zero-order valence-electron chi connectivity index (χ0n) is 22.2. The summed E-state index contributed by atoms with van der Waals surface area (Å²) in [6.07, 6.45) is 6.51. The van der Waals surface area contributed by atoms with Crippen molar-refractivity contribution in [2.45, 2.75) is 52.4 Å². The summed E-state index contributed by atoms with van der Waals surface area (Å²) in [6, 6.07) is 24.1. The molecular formula is C32H39N3O2. The summed E-state index contributed by atoms with van der Waals surface area (Å²) in [7, 11) is 0. The van der Waals surface area contributed by atoms with Gasteiger partial charge in [0.05, 0.1) is 6.42 Å². The fourth-order valence-electron chi connectivity index (χ4n) is 4.86. The summed E-state index contributed by atoms with van der Waals surface area (Å²) in [4.78, 5) is 29.7. The molecule has 3 aromatic rings. The van der Waals surface area contributed by atoms with Gasteiger partial charge in [0.15, 0.2) is 0 Å². The first-order valence-corrected chi connectivity index (χ1v) is 13.6. The average Bonchev–Trinajstić information content (AvgIpc) is 2.92. The summed E-state index contributed by atoms with van der Waals surface area (Å²) in [5.41, 5.74) is 6.10. The molecule has 5 nitrogen and oxygen atoms in total. The van der Waals surface area contributed by atoms with E-state index in [0.29, 0.717) is 12.0 Å². The quantitative estimate of drug-likeness (QED) is 0.336. The molecule has 1 fully saturated rings. The minimum absolute atomic E-state index is 0.0916. The third-order valence-electron chi connectivity index (χ3n) is 7.10. The van der Waals surface area contributed by atoms with Gasteiger partial charge < -0.3 is 15.1 Å². The highest BCUT2D eigenvalue weighted by molar-refractivity contribution is 6.04. The number of hydrogen-bond acceptors (Lipinski definition) is 3. The first-order valence-electron chi connectivity index (χ1n) is 13.6. The van der Waals surface area contributed by atoms with Crippen molar-refractivity contribution in [2.24, 2.45) is 0 Å². The van der Waals surface area contributed by atoms with Gasteiger partial charge in [-0.3, -0.25) is 9.59 Å². The molecule has 0 unspecified atom stereocenters. The SMILES string of the molecule is CCCCCCc1ccc(C(=O)Nc2ccc(N3CCN(C(=O)Cc4cccc(C)c4)CC3)cc2)cc1. The Morgan fingerprint density at radius 3 is 2.22 bits per heavy atom. The molecule has 1 saturated heterocycles. The van der Waals surface area contributed by atoms with E-state index in [4.69, 9.17) is 0 Å². The third kappa shape index (κ3) is 7.69. The summed E-state index contributed by atoms with van der Waals surface area (Å²) < 4.78 is 0. The zero-order chi connectivity index (χ0) is 26.0. The van der Waals surface area contributed by atoms with E-state index in [1.807, 2.05) is 53.4 Å². The zero-order valence-corrected chi connectivity index (χ0v) is 22.2. The number of rotatable bonds is 10. The molecule has 1 heterocycles. The number of nitrogens with one attached hydrogen (secondary N) is 1. The van der Waals surface area contributed by atoms with E-state index in [1.54, 1.807) is 0 Å². The number of hydrogen-bond donors (Lipinski definition) is 1. The maximum absolute atomic E-state index is 12.7. The van der Waals surface area contributed by atoms with Crippen molar-refractivity contribution in [3.05, 3.63) is 95.1 Å². The fourth-order valence-corrected chi connectivity index (χ4v) is 4.86. The summed E-state index contributed by atoms with van der Waals surface area (Å²) in [5.74, 6) is 0.0962. The number of aryl methyl sites for hydroxylation is 2. The molecular weight excluding hydrogens is 458 g/mol. The molecule has 0 aromatic heterocycles. The van der Waals surface area contributed by atoms with Crippen molar-refractivity contribution in [3.63, 3.8) is 0 Å². The lowest BCUT2D eigenvalue weighted by molar-refractivity contribution is -0.130. The molecule has 194 valence electrons. The van der Waals surface area contributed by atoms with Crippen LogP contribution >= 0.6 is 0 Å². The highest BCUT2D eigenvalue weighted by Gasteiger charge is 2.21. The van der Waals surface area contributed by atoms with Crippen molar-refractivity contribution < 1.29 is 9.59 Å². The Kier molecular flexibility index (Phi) is 9.36. The number of nitrogens with zero attached hydrogens (tertiary/aromatic N) is 2. The summed E-state index contributed by atoms with van der Waals surface area (Å²) in [6.45, 7) is 7.32. The number of amides is 2. The lowest BCUT2D eigenvalue weighted by Gasteiger charge is -2.36. The third-order valence-corrected chi connectivity index (χ3v) is 7.10. The number of benzene rings is 3. The molecule has 0 radical (unpaired) electrons. The molecule has 1 aliphatic rings. The van der Waals surface area contributed by atoms with Crippen LogP contribution in [0.25, 0.3) is 0 Å². The van der Waals surface area contributed by atoms with Crippen molar-refractivity contribution in [2.75, 3.05) is 36.4 Å². The highest BCUT2D eigenvalue weighted by Crippen LogP contribution is 2.21. The van der Waals surface area contributed by atoms with E-state index >= 15 is 0 Å². The van der Waals surface area contributed by atoms with E-state index in [2.05, 4.69) is 48.3 Å². The number of carbonyl (C=O) groups is 2. The van der Waals surface area contributed by atoms with E-state index < -0.39 is 0 Å². The molecule has 1 N–H and O–H groups in total. The maximum atomic E-state index is 12.7. The molecule has 2 amide bonds. The molecule has 0 bridgehead atoms. The Balaban J connectivity index is 1.24. The van der Waals surface area contributed by atoms with Crippen molar-refractivity contribution >= 4 is 23.2 Å². The average molecular weight is 498 g/mol. The van der Waals surface area contributed by atoms with Gasteiger partial charge in [-0.1, -0.05) is 68.1 Å². The maximum Gasteiger partial charge on any atom is 0.255 e. The molecule has 0 atom stereocenters. The van der Waals surface area contributed by atoms with Crippen LogP contribution in [0.4, 0.5) is 11.4 Å². The molecule has 3 aromatic carbocycles. The lowest BCUT2D eigenvalue weighted by atomic mass is 10.0. The molecule has 4 rings (SSSR count). The molecule has 5 heteroatoms. The van der Waals surface area contributed by atoms with Crippen LogP contribution in [0.2, 0.25) is 0 Å². The predicted octanol–water partition coefficient (Wildman–Crippen LogP) is 6.26. The Morgan fingerprint density at radius 1 is 0.811 bits per heavy atom. The molecule has 37 heavy (non-hydrogen) atoms. The second kappa shape index (κ2) is 13.1. The van der Waals surface area contributed by atoms with E-state index in [1.165, 1.54) is 36.8 Å². The monoisotopic (exact) mass is 497 g/mol. The molecule has 0 saturated carbocycles. The summed E-state index contributed by atoms with van der Waals surface area (Å²) >= 11 is 0. The van der Waals surface area contributed by atoms with Crippen molar-refractivity contribution in [3.8, 4) is 0 Å². The standard InChI is InChI=1S/C32H39N3O2/c1-3-4-5-6-9-26-11-13-28(14-12-26)32(37)33-29-15-17-30(18-16-29)34-19-21-35(22-20-34)31(36)24-27-10-7-8-25(2)23-27/h7-8,10-18,23H,3-6,9,19-22,24H2,1-2H3,(H,33,37). The second-order valence-corrected chi connectivity index (χ2v) is 10.0. The number of unbranched alkanes of at least 4 members (excludes halogenated alkanes) is 3. The van der Waals surface area contributed by atoms with Gasteiger partial charge >= 0.3 is 0 Å². The van der Waals surface area contributed by atoms with Gasteiger partial charge in [-0.15, -0.1) is 0 Å². The van der Waals surface area contributed by atoms with Crippen LogP contribution in [0.3, 0.4) is 0 Å². The van der Waals surface area contributed by atoms with Gasteiger partial charge in [0.25, 0.3) is 5.91 Å². The van der Waals surface area contributed by atoms with Crippen LogP contribution in [0, 0.1) is 6.92 Å². The minimum atomic E-state index is -0.0916. The van der Waals surface area contributed by atoms with Crippen molar-refractivity contribution in [1.29, 1.82) is 0 Å². The molecule has 1 aliphatic heterocycles. The largest absolute Gasteiger partial charge is 0.368 e. The van der Waals surface area contributed by atoms with E-state index in [0.717, 1.165) is 49.5 Å². The lowest BCUT2D eigenvalue weighted by Crippen LogP contribution is -2.49. The highest BCUT2D eigenvalue weighted by atomic mass is 16.2. The Labute approximate surface area is 221 Å². The number of piperazine rings is 1. The Hall–Kier alpha value is -3.60. The topological polar surface area (TPSA) is 52.7 Å². The Morgan fingerprint density at radius 2 is 1.54 bits per heavy atom. The van der Waals surface area contributed by atoms with Crippen LogP contribution in [0.5, 0.6) is 0 Å². The summed E-state index contributed by atoms with van der Waals surface area (Å²) in [5, 5.41) is 3.01. The normalized spacial score (nSPS) is 13.5. The van der Waals surface area contributed by atoms with Crippen LogP contribution in [0.15, 0.2) is 72.8 Å². The Bertz CT molecular complexity index is 1160. The van der Waals surface area contributed by atoms with E-state index in [9.17, 15) is 9.59 Å². The van der Waals surface area contributed by atoms with E-state index in [-0.39, 0.29) is 11.8 Å². The first kappa shape index (κ1) is 26.5. The number of carbonyl (C=O) groups excluding carboxylic acids is 2. The molecule has 0 spiro atoms. The van der Waals surface area contributed by atoms with Gasteiger partial charge in [-0.05, 0) is 67.3 Å². The fraction of sp³-hybridized carbons (Fsp3) is 0.375. The van der Waals surface area contributed by atoms with Crippen LogP contribution < -0.4 is 10.2 Å². The molecule has 0 aliphatic carbocycles. The van der Waals surface area contributed by atoms with Crippen LogP contribution in [-0.4, -0.2) is 42.9 Å². The van der Waals surface area contributed by atoms with Gasteiger partial charge in [0.1, 0.15) is 0 Å². The van der Waals surface area contributed by atoms with Crippen LogP contribution in [-0.2, 0) is 17.6 Å². The van der Waals surface area contributed by atoms with Crippen molar-refractivity contribution in [1.82, 2.24) is 4.90 Å². The van der Waals surface area contributed by atoms with Crippen LogP contribution in [0.1, 0.15) is 59.7 Å². The number of anilines is 2. The van der Waals surface area contributed by atoms with Gasteiger partial charge in [-0.2, -0.15) is 0 Å². The minimum Gasteiger partial charge on any atom is -0.368 e. The van der Waals surface area contributed by atoms with Gasteiger partial charge in [-0.25, -0.2) is 0 Å².